The van der Waals surface area contributed by atoms with Crippen molar-refractivity contribution in [3.63, 3.8) is 0 Å². The second kappa shape index (κ2) is 3.64. The fraction of sp³-hybridized carbons (Fsp3) is 0.375. The maximum Gasteiger partial charge on any atom is 0.169 e. The Hall–Kier alpha value is -0.670. The number of rotatable bonds is 3. The maximum atomic E-state index is 10.8. The number of hydrogen-bond acceptors (Lipinski definition) is 3. The van der Waals surface area contributed by atoms with Crippen LogP contribution in [-0.2, 0) is 6.42 Å². The Morgan fingerprint density at radius 3 is 2.82 bits per heavy atom. The van der Waals surface area contributed by atoms with Crippen molar-refractivity contribution in [1.29, 1.82) is 0 Å². The molecule has 0 saturated heterocycles. The molecule has 60 valence electrons. The molecule has 0 fully saturated rings. The highest BCUT2D eigenvalue weighted by Crippen LogP contribution is 2.16. The van der Waals surface area contributed by atoms with Gasteiger partial charge in [-0.1, -0.05) is 0 Å². The molecule has 2 N–H and O–H groups in total. The van der Waals surface area contributed by atoms with Gasteiger partial charge in [-0.05, 0) is 32.0 Å². The summed E-state index contributed by atoms with van der Waals surface area (Å²) >= 11 is 1.54. The Balaban J connectivity index is 2.73. The zero-order chi connectivity index (χ0) is 8.27. The van der Waals surface area contributed by atoms with Crippen molar-refractivity contribution in [2.75, 3.05) is 6.54 Å². The van der Waals surface area contributed by atoms with Gasteiger partial charge in [-0.25, -0.2) is 0 Å². The first-order valence-electron chi connectivity index (χ1n) is 3.53. The van der Waals surface area contributed by atoms with E-state index in [9.17, 15) is 4.79 Å². The Bertz CT molecular complexity index is 254. The van der Waals surface area contributed by atoms with E-state index in [1.807, 2.05) is 12.1 Å². The summed E-state index contributed by atoms with van der Waals surface area (Å²) in [5, 5.41) is 0. The minimum absolute atomic E-state index is 0.137. The molecule has 1 rings (SSSR count). The normalized spacial score (nSPS) is 10.0. The van der Waals surface area contributed by atoms with E-state index in [1.54, 1.807) is 6.92 Å². The first-order chi connectivity index (χ1) is 5.24. The topological polar surface area (TPSA) is 43.1 Å². The molecule has 1 aromatic rings. The van der Waals surface area contributed by atoms with Crippen molar-refractivity contribution < 1.29 is 4.79 Å². The summed E-state index contributed by atoms with van der Waals surface area (Å²) < 4.78 is 0. The van der Waals surface area contributed by atoms with Crippen molar-refractivity contribution in [3.8, 4) is 0 Å². The van der Waals surface area contributed by atoms with Crippen LogP contribution in [0.1, 0.15) is 21.5 Å². The van der Waals surface area contributed by atoms with Gasteiger partial charge in [0.1, 0.15) is 0 Å². The standard InChI is InChI=1S/C8H11NOS/c1-6(10)8-3-2-7(11-8)4-5-9/h2-3H,4-5,9H2,1H3. The lowest BCUT2D eigenvalue weighted by atomic mass is 10.3. The molecule has 2 nitrogen and oxygen atoms in total. The van der Waals surface area contributed by atoms with E-state index in [-0.39, 0.29) is 5.78 Å². The van der Waals surface area contributed by atoms with E-state index in [0.717, 1.165) is 11.3 Å². The molecule has 0 bridgehead atoms. The monoisotopic (exact) mass is 169 g/mol. The van der Waals surface area contributed by atoms with Crippen molar-refractivity contribution >= 4 is 17.1 Å². The SMILES string of the molecule is CC(=O)c1ccc(CCN)s1. The van der Waals surface area contributed by atoms with Gasteiger partial charge in [-0.3, -0.25) is 4.79 Å². The van der Waals surface area contributed by atoms with E-state index in [0.29, 0.717) is 6.54 Å². The predicted molar refractivity (Wildman–Crippen MR) is 47.1 cm³/mol. The summed E-state index contributed by atoms with van der Waals surface area (Å²) in [4.78, 5) is 12.9. The quantitative estimate of drug-likeness (QED) is 0.696. The Morgan fingerprint density at radius 1 is 1.64 bits per heavy atom. The van der Waals surface area contributed by atoms with E-state index in [4.69, 9.17) is 5.73 Å². The molecular formula is C8H11NOS. The molecule has 0 aliphatic heterocycles. The van der Waals surface area contributed by atoms with Crippen LogP contribution in [-0.4, -0.2) is 12.3 Å². The summed E-state index contributed by atoms with van der Waals surface area (Å²) in [5.41, 5.74) is 5.37. The van der Waals surface area contributed by atoms with Crippen LogP contribution < -0.4 is 5.73 Å². The van der Waals surface area contributed by atoms with Crippen LogP contribution in [0.2, 0.25) is 0 Å². The van der Waals surface area contributed by atoms with Crippen LogP contribution in [0.25, 0.3) is 0 Å². The smallest absolute Gasteiger partial charge is 0.169 e. The number of hydrogen-bond donors (Lipinski definition) is 1. The van der Waals surface area contributed by atoms with Gasteiger partial charge < -0.3 is 5.73 Å². The molecule has 0 unspecified atom stereocenters. The average molecular weight is 169 g/mol. The number of Topliss-reactive ketones (excluding diaryl/α,β-unsaturated/α-hetero) is 1. The Labute approximate surface area is 70.0 Å². The Morgan fingerprint density at radius 2 is 2.36 bits per heavy atom. The molecule has 0 amide bonds. The molecule has 0 saturated carbocycles. The van der Waals surface area contributed by atoms with Gasteiger partial charge in [0.05, 0.1) is 4.88 Å². The first kappa shape index (κ1) is 8.43. The third-order valence-corrected chi connectivity index (χ3v) is 2.65. The minimum atomic E-state index is 0.137. The molecule has 0 spiro atoms. The van der Waals surface area contributed by atoms with Crippen molar-refractivity contribution in [1.82, 2.24) is 0 Å². The molecule has 3 heteroatoms. The number of nitrogens with two attached hydrogens (primary N) is 1. The van der Waals surface area contributed by atoms with E-state index in [2.05, 4.69) is 0 Å². The van der Waals surface area contributed by atoms with Gasteiger partial charge in [0.25, 0.3) is 0 Å². The molecule has 1 aromatic heterocycles. The van der Waals surface area contributed by atoms with Crippen LogP contribution in [0.15, 0.2) is 12.1 Å². The summed E-state index contributed by atoms with van der Waals surface area (Å²) in [6.45, 7) is 2.23. The highest BCUT2D eigenvalue weighted by Gasteiger charge is 2.02. The fourth-order valence-corrected chi connectivity index (χ4v) is 1.76. The molecular weight excluding hydrogens is 158 g/mol. The van der Waals surface area contributed by atoms with Gasteiger partial charge in [0.2, 0.25) is 0 Å². The molecule has 0 atom stereocenters. The van der Waals surface area contributed by atoms with Gasteiger partial charge in [-0.15, -0.1) is 11.3 Å². The molecule has 0 aliphatic carbocycles. The van der Waals surface area contributed by atoms with Crippen molar-refractivity contribution in [2.24, 2.45) is 5.73 Å². The summed E-state index contributed by atoms with van der Waals surface area (Å²) in [7, 11) is 0. The Kier molecular flexibility index (Phi) is 2.79. The third kappa shape index (κ3) is 2.13. The summed E-state index contributed by atoms with van der Waals surface area (Å²) in [6, 6.07) is 3.83. The molecule has 0 aromatic carbocycles. The first-order valence-corrected chi connectivity index (χ1v) is 4.35. The lowest BCUT2D eigenvalue weighted by molar-refractivity contribution is 0.102. The van der Waals surface area contributed by atoms with Gasteiger partial charge in [-0.2, -0.15) is 0 Å². The average Bonchev–Trinajstić information content (AvgIpc) is 2.37. The van der Waals surface area contributed by atoms with Crippen LogP contribution in [0.4, 0.5) is 0 Å². The number of thiophene rings is 1. The highest BCUT2D eigenvalue weighted by molar-refractivity contribution is 7.14. The largest absolute Gasteiger partial charge is 0.330 e. The number of carbonyl (C=O) groups excluding carboxylic acids is 1. The van der Waals surface area contributed by atoms with Gasteiger partial charge >= 0.3 is 0 Å². The number of carbonyl (C=O) groups is 1. The lowest BCUT2D eigenvalue weighted by Gasteiger charge is -1.88. The van der Waals surface area contributed by atoms with Crippen molar-refractivity contribution in [2.45, 2.75) is 13.3 Å². The van der Waals surface area contributed by atoms with E-state index < -0.39 is 0 Å². The van der Waals surface area contributed by atoms with Gasteiger partial charge in [0.15, 0.2) is 5.78 Å². The fourth-order valence-electron chi connectivity index (χ4n) is 0.844. The predicted octanol–water partition coefficient (Wildman–Crippen LogP) is 1.45. The second-order valence-electron chi connectivity index (χ2n) is 2.36. The van der Waals surface area contributed by atoms with Gasteiger partial charge in [0, 0.05) is 4.88 Å². The maximum absolute atomic E-state index is 10.8. The van der Waals surface area contributed by atoms with E-state index in [1.165, 1.54) is 16.2 Å². The lowest BCUT2D eigenvalue weighted by Crippen LogP contribution is -2.00. The number of ketones is 1. The van der Waals surface area contributed by atoms with Crippen LogP contribution in [0.5, 0.6) is 0 Å². The molecule has 0 radical (unpaired) electrons. The molecule has 11 heavy (non-hydrogen) atoms. The summed E-state index contributed by atoms with van der Waals surface area (Å²) in [6.07, 6.45) is 0.873. The highest BCUT2D eigenvalue weighted by atomic mass is 32.1. The molecule has 1 heterocycles. The van der Waals surface area contributed by atoms with Crippen LogP contribution >= 0.6 is 11.3 Å². The third-order valence-electron chi connectivity index (χ3n) is 1.40. The second-order valence-corrected chi connectivity index (χ2v) is 3.53. The van der Waals surface area contributed by atoms with E-state index >= 15 is 0 Å². The zero-order valence-corrected chi connectivity index (χ0v) is 7.28. The van der Waals surface area contributed by atoms with Crippen molar-refractivity contribution in [3.05, 3.63) is 21.9 Å². The zero-order valence-electron chi connectivity index (χ0n) is 6.46. The van der Waals surface area contributed by atoms with Crippen LogP contribution in [0, 0.1) is 0 Å². The summed E-state index contributed by atoms with van der Waals surface area (Å²) in [5.74, 6) is 0.137. The van der Waals surface area contributed by atoms with Crippen LogP contribution in [0.3, 0.4) is 0 Å². The molecule has 0 aliphatic rings. The minimum Gasteiger partial charge on any atom is -0.330 e.